The van der Waals surface area contributed by atoms with Crippen LogP contribution in [-0.2, 0) is 6.18 Å². The van der Waals surface area contributed by atoms with E-state index in [1.165, 1.54) is 5.38 Å². The van der Waals surface area contributed by atoms with E-state index in [2.05, 4.69) is 4.98 Å². The number of hydrogen-bond donors (Lipinski definition) is 0. The summed E-state index contributed by atoms with van der Waals surface area (Å²) in [6.45, 7) is 1.92. The molecule has 1 aromatic heterocycles. The molecule has 2 aromatic rings. The number of rotatable bonds is 3. The molecule has 0 saturated heterocycles. The highest BCUT2D eigenvalue weighted by Gasteiger charge is 2.35. The maximum absolute atomic E-state index is 12.6. The summed E-state index contributed by atoms with van der Waals surface area (Å²) in [4.78, 5) is 3.71. The molecule has 1 atom stereocenters. The zero-order valence-electron chi connectivity index (χ0n) is 10.0. The normalized spacial score (nSPS) is 13.5. The van der Waals surface area contributed by atoms with Gasteiger partial charge in [0.05, 0.1) is 5.69 Å². The molecule has 1 nitrogen and oxygen atoms in total. The smallest absolute Gasteiger partial charge is 0.237 e. The van der Waals surface area contributed by atoms with E-state index in [0.717, 1.165) is 5.56 Å². The summed E-state index contributed by atoms with van der Waals surface area (Å²) in [5, 5.41) is 1.29. The molecule has 0 amide bonds. The Hall–Kier alpha value is -1.07. The topological polar surface area (TPSA) is 12.9 Å². The summed E-state index contributed by atoms with van der Waals surface area (Å²) >= 11 is 6.44. The number of benzene rings is 1. The second-order valence-corrected chi connectivity index (χ2v) is 5.38. The van der Waals surface area contributed by atoms with Crippen LogP contribution in [0.15, 0.2) is 29.6 Å². The fraction of sp³-hybridized carbons (Fsp3) is 0.308. The molecule has 19 heavy (non-hydrogen) atoms. The van der Waals surface area contributed by atoms with E-state index in [1.54, 1.807) is 12.1 Å². The number of alkyl halides is 3. The summed E-state index contributed by atoms with van der Waals surface area (Å²) < 4.78 is 37.7. The third-order valence-corrected chi connectivity index (χ3v) is 3.96. The molecule has 0 unspecified atom stereocenters. The predicted octanol–water partition coefficient (Wildman–Crippen LogP) is 5.36. The van der Waals surface area contributed by atoms with Crippen molar-refractivity contribution in [2.24, 2.45) is 0 Å². The summed E-state index contributed by atoms with van der Waals surface area (Å²) in [5.74, 6) is -0.135. The average molecular weight is 306 g/mol. The molecule has 0 spiro atoms. The Kier molecular flexibility index (Phi) is 4.16. The van der Waals surface area contributed by atoms with Crippen molar-refractivity contribution in [3.05, 3.63) is 50.9 Å². The van der Waals surface area contributed by atoms with Crippen molar-refractivity contribution in [3.8, 4) is 0 Å². The van der Waals surface area contributed by atoms with Gasteiger partial charge in [-0.15, -0.1) is 11.3 Å². The third-order valence-electron chi connectivity index (χ3n) is 2.80. The highest BCUT2D eigenvalue weighted by Crippen LogP contribution is 2.35. The quantitative estimate of drug-likeness (QED) is 0.744. The SMILES string of the molecule is CC[C@@H](c1ccc(Cl)cc1)c1csc(C(F)(F)F)n1. The van der Waals surface area contributed by atoms with Crippen LogP contribution in [0.1, 0.15) is 35.5 Å². The molecule has 1 aromatic carbocycles. The van der Waals surface area contributed by atoms with Gasteiger partial charge in [-0.05, 0) is 24.1 Å². The lowest BCUT2D eigenvalue weighted by Crippen LogP contribution is -2.06. The standard InChI is InChI=1S/C13H11ClF3NS/c1-2-10(8-3-5-9(14)6-4-8)11-7-19-12(18-11)13(15,16)17/h3-7,10H,2H2,1H3/t10-/m0/s1. The van der Waals surface area contributed by atoms with Crippen molar-refractivity contribution in [3.63, 3.8) is 0 Å². The van der Waals surface area contributed by atoms with Gasteiger partial charge in [-0.1, -0.05) is 30.7 Å². The van der Waals surface area contributed by atoms with Crippen LogP contribution in [0.25, 0.3) is 0 Å². The van der Waals surface area contributed by atoms with E-state index in [1.807, 2.05) is 19.1 Å². The van der Waals surface area contributed by atoms with E-state index < -0.39 is 11.2 Å². The number of nitrogens with zero attached hydrogens (tertiary/aromatic N) is 1. The van der Waals surface area contributed by atoms with E-state index in [9.17, 15) is 13.2 Å². The van der Waals surface area contributed by atoms with Crippen LogP contribution in [0.4, 0.5) is 13.2 Å². The van der Waals surface area contributed by atoms with Gasteiger partial charge in [-0.3, -0.25) is 0 Å². The van der Waals surface area contributed by atoms with Crippen molar-refractivity contribution in [1.82, 2.24) is 4.98 Å². The highest BCUT2D eigenvalue weighted by atomic mass is 35.5. The molecule has 6 heteroatoms. The molecule has 0 bridgehead atoms. The maximum Gasteiger partial charge on any atom is 0.443 e. The first-order valence-electron chi connectivity index (χ1n) is 5.70. The fourth-order valence-corrected chi connectivity index (χ4v) is 2.75. The number of thiazole rings is 1. The molecule has 102 valence electrons. The molecule has 0 radical (unpaired) electrons. The molecule has 0 fully saturated rings. The molecule has 0 saturated carbocycles. The minimum Gasteiger partial charge on any atom is -0.237 e. The van der Waals surface area contributed by atoms with Gasteiger partial charge in [0.25, 0.3) is 0 Å². The zero-order valence-corrected chi connectivity index (χ0v) is 11.6. The first kappa shape index (κ1) is 14.3. The van der Waals surface area contributed by atoms with Crippen LogP contribution in [0.5, 0.6) is 0 Å². The Labute approximate surface area is 118 Å². The molecule has 0 aliphatic rings. The van der Waals surface area contributed by atoms with Gasteiger partial charge in [0.2, 0.25) is 0 Å². The second kappa shape index (κ2) is 5.51. The summed E-state index contributed by atoms with van der Waals surface area (Å²) in [6, 6.07) is 7.11. The predicted molar refractivity (Wildman–Crippen MR) is 70.7 cm³/mol. The highest BCUT2D eigenvalue weighted by molar-refractivity contribution is 7.09. The molecule has 1 heterocycles. The molecular formula is C13H11ClF3NS. The Morgan fingerprint density at radius 2 is 1.89 bits per heavy atom. The van der Waals surface area contributed by atoms with E-state index >= 15 is 0 Å². The fourth-order valence-electron chi connectivity index (χ4n) is 1.89. The molecule has 0 aliphatic carbocycles. The van der Waals surface area contributed by atoms with Gasteiger partial charge in [-0.2, -0.15) is 13.2 Å². The van der Waals surface area contributed by atoms with Gasteiger partial charge < -0.3 is 0 Å². The van der Waals surface area contributed by atoms with Gasteiger partial charge >= 0.3 is 6.18 Å². The lowest BCUT2D eigenvalue weighted by molar-refractivity contribution is -0.137. The van der Waals surface area contributed by atoms with Crippen LogP contribution in [-0.4, -0.2) is 4.98 Å². The Balaban J connectivity index is 2.32. The molecule has 0 aliphatic heterocycles. The molecular weight excluding hydrogens is 295 g/mol. The molecule has 0 N–H and O–H groups in total. The van der Waals surface area contributed by atoms with Crippen molar-refractivity contribution in [2.45, 2.75) is 25.4 Å². The number of hydrogen-bond acceptors (Lipinski definition) is 2. The Morgan fingerprint density at radius 1 is 1.26 bits per heavy atom. The second-order valence-electron chi connectivity index (χ2n) is 4.09. The van der Waals surface area contributed by atoms with Crippen molar-refractivity contribution < 1.29 is 13.2 Å². The minimum atomic E-state index is -4.37. The van der Waals surface area contributed by atoms with Gasteiger partial charge in [0.1, 0.15) is 0 Å². The van der Waals surface area contributed by atoms with Gasteiger partial charge in [-0.25, -0.2) is 4.98 Å². The lowest BCUT2D eigenvalue weighted by Gasteiger charge is -2.13. The van der Waals surface area contributed by atoms with E-state index in [4.69, 9.17) is 11.6 Å². The first-order valence-corrected chi connectivity index (χ1v) is 6.95. The van der Waals surface area contributed by atoms with Gasteiger partial charge in [0, 0.05) is 16.3 Å². The van der Waals surface area contributed by atoms with Crippen LogP contribution >= 0.6 is 22.9 Å². The maximum atomic E-state index is 12.6. The summed E-state index contributed by atoms with van der Waals surface area (Å²) in [5.41, 5.74) is 1.38. The number of halogens is 4. The zero-order chi connectivity index (χ0) is 14.0. The average Bonchev–Trinajstić information content (AvgIpc) is 2.82. The Bertz CT molecular complexity index is 548. The van der Waals surface area contributed by atoms with Crippen molar-refractivity contribution in [1.29, 1.82) is 0 Å². The Morgan fingerprint density at radius 3 is 2.37 bits per heavy atom. The number of aromatic nitrogens is 1. The first-order chi connectivity index (χ1) is 8.91. The van der Waals surface area contributed by atoms with Crippen LogP contribution in [0.2, 0.25) is 5.02 Å². The summed E-state index contributed by atoms with van der Waals surface area (Å²) in [7, 11) is 0. The van der Waals surface area contributed by atoms with Crippen LogP contribution in [0, 0.1) is 0 Å². The van der Waals surface area contributed by atoms with Crippen molar-refractivity contribution in [2.75, 3.05) is 0 Å². The largest absolute Gasteiger partial charge is 0.443 e. The minimum absolute atomic E-state index is 0.135. The van der Waals surface area contributed by atoms with Crippen molar-refractivity contribution >= 4 is 22.9 Å². The van der Waals surface area contributed by atoms with Gasteiger partial charge in [0.15, 0.2) is 5.01 Å². The van der Waals surface area contributed by atoms with E-state index in [-0.39, 0.29) is 5.92 Å². The lowest BCUT2D eigenvalue weighted by atomic mass is 9.94. The summed E-state index contributed by atoms with van der Waals surface area (Å²) in [6.07, 6.45) is -3.69. The van der Waals surface area contributed by atoms with Crippen LogP contribution < -0.4 is 0 Å². The van der Waals surface area contributed by atoms with Crippen LogP contribution in [0.3, 0.4) is 0 Å². The molecule has 2 rings (SSSR count). The monoisotopic (exact) mass is 305 g/mol. The third kappa shape index (κ3) is 3.28. The van der Waals surface area contributed by atoms with E-state index in [0.29, 0.717) is 28.5 Å².